The van der Waals surface area contributed by atoms with E-state index in [4.69, 9.17) is 4.42 Å². The van der Waals surface area contributed by atoms with Crippen LogP contribution in [0.3, 0.4) is 0 Å². The van der Waals surface area contributed by atoms with Gasteiger partial charge in [-0.2, -0.15) is 13.2 Å². The van der Waals surface area contributed by atoms with Gasteiger partial charge in [-0.25, -0.2) is 4.98 Å². The largest absolute Gasteiger partial charge is 0.449 e. The van der Waals surface area contributed by atoms with Crippen LogP contribution in [0.2, 0.25) is 0 Å². The van der Waals surface area contributed by atoms with Gasteiger partial charge < -0.3 is 9.73 Å². The number of benzene rings is 2. The summed E-state index contributed by atoms with van der Waals surface area (Å²) in [7, 11) is 0. The molecule has 0 unspecified atom stereocenters. The molecule has 0 bridgehead atoms. The first-order chi connectivity index (χ1) is 13.3. The molecule has 0 spiro atoms. The highest BCUT2D eigenvalue weighted by molar-refractivity contribution is 6.17. The number of halogens is 3. The molecule has 0 fully saturated rings. The minimum absolute atomic E-state index is 0.0399. The number of anilines is 1. The summed E-state index contributed by atoms with van der Waals surface area (Å²) in [5.74, 6) is 0.0977. The molecule has 0 saturated carbocycles. The fourth-order valence-corrected chi connectivity index (χ4v) is 2.96. The van der Waals surface area contributed by atoms with Crippen molar-refractivity contribution in [3.63, 3.8) is 0 Å². The van der Waals surface area contributed by atoms with E-state index in [1.54, 1.807) is 19.1 Å². The Balaban J connectivity index is 1.76. The van der Waals surface area contributed by atoms with E-state index in [1.165, 1.54) is 12.3 Å². The number of nitrogens with zero attached hydrogens (tertiary/aromatic N) is 2. The van der Waals surface area contributed by atoms with Crippen LogP contribution in [0.25, 0.3) is 11.3 Å². The van der Waals surface area contributed by atoms with Gasteiger partial charge in [0.15, 0.2) is 5.89 Å². The van der Waals surface area contributed by atoms with Crippen molar-refractivity contribution in [2.24, 2.45) is 4.99 Å². The quantitative estimate of drug-likeness (QED) is 0.665. The Morgan fingerprint density at radius 3 is 2.61 bits per heavy atom. The smallest absolute Gasteiger partial charge is 0.416 e. The molecule has 28 heavy (non-hydrogen) atoms. The summed E-state index contributed by atoms with van der Waals surface area (Å²) in [6.45, 7) is 1.74. The van der Waals surface area contributed by atoms with Crippen LogP contribution in [0.4, 0.5) is 24.5 Å². The third-order valence-corrected chi connectivity index (χ3v) is 4.29. The van der Waals surface area contributed by atoms with Crippen molar-refractivity contribution in [1.82, 2.24) is 4.98 Å². The van der Waals surface area contributed by atoms with Gasteiger partial charge in [0, 0.05) is 12.5 Å². The Kier molecular flexibility index (Phi) is 4.26. The number of rotatable bonds is 2. The van der Waals surface area contributed by atoms with Crippen molar-refractivity contribution in [2.45, 2.75) is 19.5 Å². The Bertz CT molecular complexity index is 1100. The van der Waals surface area contributed by atoms with Crippen molar-refractivity contribution in [3.05, 3.63) is 65.7 Å². The second kappa shape index (κ2) is 6.63. The lowest BCUT2D eigenvalue weighted by molar-refractivity contribution is -0.137. The average molecular weight is 385 g/mol. The van der Waals surface area contributed by atoms with Gasteiger partial charge in [-0.3, -0.25) is 9.79 Å². The zero-order chi connectivity index (χ0) is 19.9. The fourth-order valence-electron chi connectivity index (χ4n) is 2.96. The average Bonchev–Trinajstić information content (AvgIpc) is 3.00. The molecular weight excluding hydrogens is 371 g/mol. The van der Waals surface area contributed by atoms with Crippen LogP contribution in [-0.2, 0) is 11.0 Å². The van der Waals surface area contributed by atoms with E-state index in [-0.39, 0.29) is 17.8 Å². The maximum absolute atomic E-state index is 12.9. The zero-order valence-electron chi connectivity index (χ0n) is 14.7. The number of hydrogen-bond donors (Lipinski definition) is 1. The standard InChI is InChI=1S/C20H14F3N3O2/c1-11-24-18(10-28-11)13-4-2-3-12(7-13)16-9-19(27)26-17-8-14(20(21,22)23)5-6-15(17)25-16/h2-8,10H,9H2,1H3,(H,26,27). The number of carbonyl (C=O) groups excluding carboxylic acids is 1. The van der Waals surface area contributed by atoms with E-state index in [0.717, 1.165) is 17.7 Å². The highest BCUT2D eigenvalue weighted by atomic mass is 19.4. The van der Waals surface area contributed by atoms with E-state index in [9.17, 15) is 18.0 Å². The molecule has 1 aliphatic heterocycles. The molecule has 1 aromatic heterocycles. The predicted octanol–water partition coefficient (Wildman–Crippen LogP) is 5.13. The van der Waals surface area contributed by atoms with Gasteiger partial charge in [0.1, 0.15) is 12.0 Å². The van der Waals surface area contributed by atoms with E-state index in [0.29, 0.717) is 22.9 Å². The third kappa shape index (κ3) is 3.53. The molecule has 8 heteroatoms. The molecule has 0 atom stereocenters. The Morgan fingerprint density at radius 2 is 1.89 bits per heavy atom. The summed E-state index contributed by atoms with van der Waals surface area (Å²) in [5, 5.41) is 2.50. The van der Waals surface area contributed by atoms with Crippen LogP contribution >= 0.6 is 0 Å². The van der Waals surface area contributed by atoms with E-state index in [1.807, 2.05) is 12.1 Å². The van der Waals surface area contributed by atoms with Crippen molar-refractivity contribution in [1.29, 1.82) is 0 Å². The second-order valence-electron chi connectivity index (χ2n) is 6.35. The van der Waals surface area contributed by atoms with Gasteiger partial charge >= 0.3 is 6.18 Å². The van der Waals surface area contributed by atoms with Gasteiger partial charge in [-0.15, -0.1) is 0 Å². The highest BCUT2D eigenvalue weighted by Gasteiger charge is 2.31. The minimum atomic E-state index is -4.50. The van der Waals surface area contributed by atoms with Crippen LogP contribution in [0.5, 0.6) is 0 Å². The number of fused-ring (bicyclic) bond motifs is 1. The maximum atomic E-state index is 12.9. The van der Waals surface area contributed by atoms with E-state index >= 15 is 0 Å². The molecule has 1 N–H and O–H groups in total. The molecule has 2 aromatic carbocycles. The normalized spacial score (nSPS) is 14.1. The number of aryl methyl sites for hydroxylation is 1. The van der Waals surface area contributed by atoms with Crippen LogP contribution < -0.4 is 5.32 Å². The predicted molar refractivity (Wildman–Crippen MR) is 97.6 cm³/mol. The van der Waals surface area contributed by atoms with Crippen molar-refractivity contribution in [2.75, 3.05) is 5.32 Å². The lowest BCUT2D eigenvalue weighted by atomic mass is 10.0. The highest BCUT2D eigenvalue weighted by Crippen LogP contribution is 2.36. The van der Waals surface area contributed by atoms with E-state index in [2.05, 4.69) is 15.3 Å². The second-order valence-corrected chi connectivity index (χ2v) is 6.35. The molecule has 0 saturated heterocycles. The Morgan fingerprint density at radius 1 is 1.11 bits per heavy atom. The van der Waals surface area contributed by atoms with Crippen molar-refractivity contribution < 1.29 is 22.4 Å². The van der Waals surface area contributed by atoms with Gasteiger partial charge in [0.25, 0.3) is 0 Å². The first-order valence-corrected chi connectivity index (χ1v) is 8.41. The summed E-state index contributed by atoms with van der Waals surface area (Å²) in [6.07, 6.45) is -3.02. The first kappa shape index (κ1) is 18.0. The SMILES string of the molecule is Cc1nc(-c2cccc(C3=Nc4ccc(C(F)(F)F)cc4NC(=O)C3)c2)co1. The maximum Gasteiger partial charge on any atom is 0.416 e. The fraction of sp³-hybridized carbons (Fsp3) is 0.150. The molecule has 5 nitrogen and oxygen atoms in total. The number of amides is 1. The number of aliphatic imine (C=N–C) groups is 1. The van der Waals surface area contributed by atoms with Gasteiger partial charge in [0.2, 0.25) is 5.91 Å². The number of aromatic nitrogens is 1. The summed E-state index contributed by atoms with van der Waals surface area (Å²) < 4.78 is 44.1. The Hall–Kier alpha value is -3.42. The zero-order valence-corrected chi connectivity index (χ0v) is 14.7. The number of nitrogens with one attached hydrogen (secondary N) is 1. The number of alkyl halides is 3. The minimum Gasteiger partial charge on any atom is -0.449 e. The molecule has 1 aliphatic rings. The molecule has 4 rings (SSSR count). The molecule has 0 aliphatic carbocycles. The monoisotopic (exact) mass is 385 g/mol. The third-order valence-electron chi connectivity index (χ3n) is 4.29. The first-order valence-electron chi connectivity index (χ1n) is 8.41. The number of hydrogen-bond acceptors (Lipinski definition) is 4. The van der Waals surface area contributed by atoms with Crippen LogP contribution in [0.1, 0.15) is 23.4 Å². The molecule has 3 aromatic rings. The van der Waals surface area contributed by atoms with Crippen LogP contribution in [0, 0.1) is 6.92 Å². The molecule has 142 valence electrons. The van der Waals surface area contributed by atoms with Crippen LogP contribution in [0.15, 0.2) is 58.1 Å². The lowest BCUT2D eigenvalue weighted by Gasteiger charge is -2.10. The number of carbonyl (C=O) groups is 1. The molecular formula is C20H14F3N3O2. The van der Waals surface area contributed by atoms with Crippen molar-refractivity contribution >= 4 is 23.0 Å². The molecule has 0 radical (unpaired) electrons. The van der Waals surface area contributed by atoms with Crippen molar-refractivity contribution in [3.8, 4) is 11.3 Å². The molecule has 2 heterocycles. The summed E-state index contributed by atoms with van der Waals surface area (Å²) >= 11 is 0. The number of oxazole rings is 1. The summed E-state index contributed by atoms with van der Waals surface area (Å²) in [4.78, 5) is 21.0. The molecule has 1 amide bonds. The summed E-state index contributed by atoms with van der Waals surface area (Å²) in [6, 6.07) is 10.4. The lowest BCUT2D eigenvalue weighted by Crippen LogP contribution is -2.15. The van der Waals surface area contributed by atoms with Gasteiger partial charge in [0.05, 0.1) is 29.1 Å². The van der Waals surface area contributed by atoms with E-state index < -0.39 is 17.6 Å². The van der Waals surface area contributed by atoms with Crippen LogP contribution in [-0.4, -0.2) is 16.6 Å². The topological polar surface area (TPSA) is 67.5 Å². The Labute approximate surface area is 157 Å². The van der Waals surface area contributed by atoms with Gasteiger partial charge in [-0.05, 0) is 29.8 Å². The van der Waals surface area contributed by atoms with Gasteiger partial charge in [-0.1, -0.05) is 18.2 Å². The summed E-state index contributed by atoms with van der Waals surface area (Å²) in [5.41, 5.74) is 2.05.